The molecule has 0 aliphatic rings. The maximum atomic E-state index is 2.36. The molecule has 0 aliphatic carbocycles. The van der Waals surface area contributed by atoms with Gasteiger partial charge in [0.15, 0.2) is 0 Å². The van der Waals surface area contributed by atoms with Gasteiger partial charge in [0.1, 0.15) is 0 Å². The first kappa shape index (κ1) is 12.8. The van der Waals surface area contributed by atoms with Crippen molar-refractivity contribution in [1.29, 1.82) is 0 Å². The van der Waals surface area contributed by atoms with Crippen LogP contribution < -0.4 is 0 Å². The third-order valence-corrected chi connectivity index (χ3v) is 2.76. The Morgan fingerprint density at radius 2 is 1.81 bits per heavy atom. The summed E-state index contributed by atoms with van der Waals surface area (Å²) >= 11 is 0. The van der Waals surface area contributed by atoms with E-state index >= 15 is 0 Å². The Balaban J connectivity index is 2.53. The average Bonchev–Trinajstić information content (AvgIpc) is 2.32. The van der Waals surface area contributed by atoms with Crippen LogP contribution in [0.5, 0.6) is 0 Å². The molecule has 0 saturated heterocycles. The van der Waals surface area contributed by atoms with Crippen LogP contribution in [0.4, 0.5) is 0 Å². The Labute approximate surface area is 99.8 Å². The van der Waals surface area contributed by atoms with Crippen LogP contribution in [0.1, 0.15) is 37.8 Å². The number of benzene rings is 1. The topological polar surface area (TPSA) is 3.24 Å². The summed E-state index contributed by atoms with van der Waals surface area (Å²) in [5, 5.41) is 0. The number of hydrogen-bond donors (Lipinski definition) is 0. The highest BCUT2D eigenvalue weighted by Crippen LogP contribution is 2.06. The summed E-state index contributed by atoms with van der Waals surface area (Å²) in [6.07, 6.45) is 6.93. The zero-order chi connectivity index (χ0) is 11.8. The molecule has 1 aromatic carbocycles. The predicted molar refractivity (Wildman–Crippen MR) is 72.4 cm³/mol. The van der Waals surface area contributed by atoms with E-state index in [-0.39, 0.29) is 0 Å². The molecule has 0 bridgehead atoms. The standard InChI is InChI=1S/C15H23N/c1-4-6-12-16(5-2)13-11-15-9-7-14(3)8-10-15/h7-11,13H,4-6,12H2,1-3H3/b13-11+. The van der Waals surface area contributed by atoms with Gasteiger partial charge in [-0.15, -0.1) is 0 Å². The van der Waals surface area contributed by atoms with Gasteiger partial charge in [0.05, 0.1) is 0 Å². The number of unbranched alkanes of at least 4 members (excludes halogenated alkanes) is 1. The first-order chi connectivity index (χ1) is 7.76. The number of rotatable bonds is 6. The van der Waals surface area contributed by atoms with Crippen LogP contribution in [-0.2, 0) is 0 Å². The summed E-state index contributed by atoms with van der Waals surface area (Å²) in [6, 6.07) is 8.64. The third kappa shape index (κ3) is 4.52. The minimum absolute atomic E-state index is 1.09. The summed E-state index contributed by atoms with van der Waals surface area (Å²) in [5.74, 6) is 0. The maximum Gasteiger partial charge on any atom is 0.0172 e. The second-order valence-corrected chi connectivity index (χ2v) is 4.21. The molecular formula is C15H23N. The molecule has 0 amide bonds. The van der Waals surface area contributed by atoms with Crippen LogP contribution in [0, 0.1) is 6.92 Å². The van der Waals surface area contributed by atoms with Crippen molar-refractivity contribution >= 4 is 6.08 Å². The molecule has 0 unspecified atom stereocenters. The molecule has 1 aromatic rings. The molecular weight excluding hydrogens is 194 g/mol. The molecule has 1 heteroatoms. The molecule has 16 heavy (non-hydrogen) atoms. The normalized spacial score (nSPS) is 10.9. The van der Waals surface area contributed by atoms with Crippen LogP contribution in [0.25, 0.3) is 6.08 Å². The van der Waals surface area contributed by atoms with E-state index in [1.165, 1.54) is 24.0 Å². The molecule has 0 heterocycles. The summed E-state index contributed by atoms with van der Waals surface area (Å²) < 4.78 is 0. The van der Waals surface area contributed by atoms with Gasteiger partial charge in [-0.05, 0) is 38.1 Å². The maximum absolute atomic E-state index is 2.36. The molecule has 0 atom stereocenters. The number of aryl methyl sites for hydroxylation is 1. The SMILES string of the molecule is CCCCN(/C=C/c1ccc(C)cc1)CC. The van der Waals surface area contributed by atoms with Gasteiger partial charge >= 0.3 is 0 Å². The fourth-order valence-electron chi connectivity index (χ4n) is 1.57. The minimum Gasteiger partial charge on any atom is -0.378 e. The van der Waals surface area contributed by atoms with E-state index in [0.29, 0.717) is 0 Å². The van der Waals surface area contributed by atoms with E-state index in [4.69, 9.17) is 0 Å². The predicted octanol–water partition coefficient (Wildman–Crippen LogP) is 4.09. The largest absolute Gasteiger partial charge is 0.378 e. The first-order valence-electron chi connectivity index (χ1n) is 6.25. The smallest absolute Gasteiger partial charge is 0.0172 e. The van der Waals surface area contributed by atoms with Crippen molar-refractivity contribution in [3.05, 3.63) is 41.6 Å². The van der Waals surface area contributed by atoms with E-state index in [0.717, 1.165) is 13.1 Å². The van der Waals surface area contributed by atoms with E-state index < -0.39 is 0 Å². The second-order valence-electron chi connectivity index (χ2n) is 4.21. The molecule has 1 nitrogen and oxygen atoms in total. The van der Waals surface area contributed by atoms with Crippen molar-refractivity contribution in [2.24, 2.45) is 0 Å². The third-order valence-electron chi connectivity index (χ3n) is 2.76. The van der Waals surface area contributed by atoms with E-state index in [9.17, 15) is 0 Å². The Hall–Kier alpha value is -1.24. The average molecular weight is 217 g/mol. The van der Waals surface area contributed by atoms with Gasteiger partial charge in [0, 0.05) is 13.1 Å². The van der Waals surface area contributed by atoms with Gasteiger partial charge in [-0.1, -0.05) is 43.2 Å². The highest BCUT2D eigenvalue weighted by Gasteiger charge is 1.94. The Kier molecular flexibility index (Phi) is 5.69. The van der Waals surface area contributed by atoms with E-state index in [1.54, 1.807) is 0 Å². The van der Waals surface area contributed by atoms with Crippen molar-refractivity contribution < 1.29 is 0 Å². The molecule has 88 valence electrons. The molecule has 0 spiro atoms. The van der Waals surface area contributed by atoms with Gasteiger partial charge < -0.3 is 4.90 Å². The Morgan fingerprint density at radius 1 is 1.12 bits per heavy atom. The van der Waals surface area contributed by atoms with Crippen LogP contribution in [-0.4, -0.2) is 18.0 Å². The van der Waals surface area contributed by atoms with Crippen molar-refractivity contribution in [2.45, 2.75) is 33.6 Å². The zero-order valence-corrected chi connectivity index (χ0v) is 10.7. The summed E-state index contributed by atoms with van der Waals surface area (Å²) in [4.78, 5) is 2.36. The van der Waals surface area contributed by atoms with Crippen LogP contribution in [0.2, 0.25) is 0 Å². The molecule has 0 aliphatic heterocycles. The highest BCUT2D eigenvalue weighted by atomic mass is 15.1. The lowest BCUT2D eigenvalue weighted by Crippen LogP contribution is -2.17. The Bertz CT molecular complexity index is 311. The van der Waals surface area contributed by atoms with Gasteiger partial charge in [-0.3, -0.25) is 0 Å². The Morgan fingerprint density at radius 3 is 2.38 bits per heavy atom. The molecule has 0 saturated carbocycles. The van der Waals surface area contributed by atoms with Gasteiger partial charge in [0.2, 0.25) is 0 Å². The fraction of sp³-hybridized carbons (Fsp3) is 0.467. The number of hydrogen-bond acceptors (Lipinski definition) is 1. The molecule has 0 aromatic heterocycles. The van der Waals surface area contributed by atoms with Gasteiger partial charge in [-0.2, -0.15) is 0 Å². The summed E-state index contributed by atoms with van der Waals surface area (Å²) in [6.45, 7) is 8.80. The molecule has 1 rings (SSSR count). The fourth-order valence-corrected chi connectivity index (χ4v) is 1.57. The summed E-state index contributed by atoms with van der Waals surface area (Å²) in [5.41, 5.74) is 2.59. The number of nitrogens with zero attached hydrogens (tertiary/aromatic N) is 1. The van der Waals surface area contributed by atoms with E-state index in [1.807, 2.05) is 0 Å². The lowest BCUT2D eigenvalue weighted by molar-refractivity contribution is 0.389. The minimum atomic E-state index is 1.09. The highest BCUT2D eigenvalue weighted by molar-refractivity contribution is 5.49. The van der Waals surface area contributed by atoms with Crippen LogP contribution in [0.3, 0.4) is 0 Å². The van der Waals surface area contributed by atoms with Crippen LogP contribution >= 0.6 is 0 Å². The molecule has 0 N–H and O–H groups in total. The monoisotopic (exact) mass is 217 g/mol. The van der Waals surface area contributed by atoms with Gasteiger partial charge in [-0.25, -0.2) is 0 Å². The van der Waals surface area contributed by atoms with Crippen molar-refractivity contribution in [3.8, 4) is 0 Å². The lowest BCUT2D eigenvalue weighted by atomic mass is 10.1. The lowest BCUT2D eigenvalue weighted by Gasteiger charge is -2.17. The van der Waals surface area contributed by atoms with E-state index in [2.05, 4.69) is 62.2 Å². The first-order valence-corrected chi connectivity index (χ1v) is 6.25. The van der Waals surface area contributed by atoms with Crippen molar-refractivity contribution in [3.63, 3.8) is 0 Å². The molecule has 0 fully saturated rings. The van der Waals surface area contributed by atoms with Crippen LogP contribution in [0.15, 0.2) is 30.5 Å². The molecule has 0 radical (unpaired) electrons. The van der Waals surface area contributed by atoms with Crippen molar-refractivity contribution in [2.75, 3.05) is 13.1 Å². The second kappa shape index (κ2) is 7.10. The van der Waals surface area contributed by atoms with Gasteiger partial charge in [0.25, 0.3) is 0 Å². The zero-order valence-electron chi connectivity index (χ0n) is 10.7. The van der Waals surface area contributed by atoms with Crippen molar-refractivity contribution in [1.82, 2.24) is 4.90 Å². The summed E-state index contributed by atoms with van der Waals surface area (Å²) in [7, 11) is 0. The quantitative estimate of drug-likeness (QED) is 0.693.